The van der Waals surface area contributed by atoms with Crippen molar-refractivity contribution in [1.82, 2.24) is 10.2 Å². The normalized spacial score (nSPS) is 21.7. The van der Waals surface area contributed by atoms with Crippen molar-refractivity contribution in [3.05, 3.63) is 30.3 Å². The van der Waals surface area contributed by atoms with Gasteiger partial charge in [-0.15, -0.1) is 0 Å². The van der Waals surface area contributed by atoms with Crippen LogP contribution in [0.5, 0.6) is 0 Å². The number of anilines is 1. The smallest absolute Gasteiger partial charge is 0.240 e. The van der Waals surface area contributed by atoms with Crippen molar-refractivity contribution in [3.8, 4) is 0 Å². The van der Waals surface area contributed by atoms with Crippen LogP contribution in [0.3, 0.4) is 0 Å². The van der Waals surface area contributed by atoms with E-state index in [4.69, 9.17) is 0 Å². The lowest BCUT2D eigenvalue weighted by molar-refractivity contribution is -0.119. The molecule has 3 rings (SSSR count). The number of carbonyl (C=O) groups excluding carboxylic acids is 1. The third kappa shape index (κ3) is 3.83. The Bertz CT molecular complexity index is 466. The van der Waals surface area contributed by atoms with Gasteiger partial charge in [0, 0.05) is 31.4 Å². The first-order chi connectivity index (χ1) is 10.2. The van der Waals surface area contributed by atoms with Crippen molar-refractivity contribution in [3.63, 3.8) is 0 Å². The molecular formula is C17H25N3O. The zero-order chi connectivity index (χ0) is 14.7. The van der Waals surface area contributed by atoms with Gasteiger partial charge in [0.05, 0.1) is 6.54 Å². The Balaban J connectivity index is 1.58. The Hall–Kier alpha value is -1.39. The highest BCUT2D eigenvalue weighted by Gasteiger charge is 2.33. The molecule has 2 aliphatic rings. The van der Waals surface area contributed by atoms with Gasteiger partial charge in [0.2, 0.25) is 5.91 Å². The van der Waals surface area contributed by atoms with Gasteiger partial charge < -0.3 is 10.2 Å². The number of carbonyl (C=O) groups is 1. The van der Waals surface area contributed by atoms with Crippen molar-refractivity contribution >= 4 is 11.6 Å². The SMILES string of the molecule is CN(C(=O)CN(CC1CCCN1)C1CC1)c1ccccc1. The standard InChI is InChI=1S/C17H25N3O/c1-19(15-7-3-2-4-8-15)17(21)13-20(16-9-10-16)12-14-6-5-11-18-14/h2-4,7-8,14,16,18H,5-6,9-13H2,1H3. The van der Waals surface area contributed by atoms with Crippen LogP contribution in [0.1, 0.15) is 25.7 Å². The largest absolute Gasteiger partial charge is 0.314 e. The molecule has 1 unspecified atom stereocenters. The molecule has 1 aromatic rings. The molecule has 1 saturated heterocycles. The highest BCUT2D eigenvalue weighted by atomic mass is 16.2. The van der Waals surface area contributed by atoms with Crippen LogP contribution in [0.15, 0.2) is 30.3 Å². The van der Waals surface area contributed by atoms with Gasteiger partial charge in [-0.05, 0) is 44.4 Å². The average Bonchev–Trinajstić information content (AvgIpc) is 3.24. The van der Waals surface area contributed by atoms with E-state index in [1.807, 2.05) is 37.4 Å². The molecule has 1 amide bonds. The fraction of sp³-hybridized carbons (Fsp3) is 0.588. The van der Waals surface area contributed by atoms with Gasteiger partial charge in [0.25, 0.3) is 0 Å². The van der Waals surface area contributed by atoms with Crippen molar-refractivity contribution in [1.29, 1.82) is 0 Å². The summed E-state index contributed by atoms with van der Waals surface area (Å²) < 4.78 is 0. The number of amides is 1. The number of hydrogen-bond donors (Lipinski definition) is 1. The molecular weight excluding hydrogens is 262 g/mol. The molecule has 1 saturated carbocycles. The maximum absolute atomic E-state index is 12.5. The number of likely N-dealkylation sites (N-methyl/N-ethyl adjacent to an activating group) is 1. The van der Waals surface area contributed by atoms with Gasteiger partial charge in [0.15, 0.2) is 0 Å². The number of nitrogens with one attached hydrogen (secondary N) is 1. The van der Waals surface area contributed by atoms with Crippen LogP contribution in [0.25, 0.3) is 0 Å². The Morgan fingerprint density at radius 2 is 2.00 bits per heavy atom. The summed E-state index contributed by atoms with van der Waals surface area (Å²) in [5.74, 6) is 0.186. The zero-order valence-electron chi connectivity index (χ0n) is 12.8. The van der Waals surface area contributed by atoms with Crippen LogP contribution >= 0.6 is 0 Å². The Labute approximate surface area is 127 Å². The Kier molecular flexibility index (Phi) is 4.56. The number of hydrogen-bond acceptors (Lipinski definition) is 3. The molecule has 0 spiro atoms. The monoisotopic (exact) mass is 287 g/mol. The molecule has 1 aromatic carbocycles. The molecule has 1 aliphatic heterocycles. The third-order valence-electron chi connectivity index (χ3n) is 4.54. The Morgan fingerprint density at radius 3 is 2.62 bits per heavy atom. The lowest BCUT2D eigenvalue weighted by atomic mass is 10.2. The van der Waals surface area contributed by atoms with E-state index in [2.05, 4.69) is 10.2 Å². The predicted molar refractivity (Wildman–Crippen MR) is 85.5 cm³/mol. The number of benzene rings is 1. The number of para-hydroxylation sites is 1. The summed E-state index contributed by atoms with van der Waals surface area (Å²) in [4.78, 5) is 16.7. The Morgan fingerprint density at radius 1 is 1.24 bits per heavy atom. The molecule has 0 bridgehead atoms. The highest BCUT2D eigenvalue weighted by Crippen LogP contribution is 2.27. The molecule has 21 heavy (non-hydrogen) atoms. The lowest BCUT2D eigenvalue weighted by Crippen LogP contribution is -2.44. The molecule has 0 aromatic heterocycles. The summed E-state index contributed by atoms with van der Waals surface area (Å²) >= 11 is 0. The number of nitrogens with zero attached hydrogens (tertiary/aromatic N) is 2. The van der Waals surface area contributed by atoms with E-state index in [9.17, 15) is 4.79 Å². The van der Waals surface area contributed by atoms with Gasteiger partial charge in [-0.3, -0.25) is 9.69 Å². The van der Waals surface area contributed by atoms with Gasteiger partial charge in [-0.25, -0.2) is 0 Å². The average molecular weight is 287 g/mol. The summed E-state index contributed by atoms with van der Waals surface area (Å²) in [7, 11) is 1.87. The van der Waals surface area contributed by atoms with Crippen molar-refractivity contribution in [2.24, 2.45) is 0 Å². The van der Waals surface area contributed by atoms with Crippen LogP contribution in [0.2, 0.25) is 0 Å². The summed E-state index contributed by atoms with van der Waals surface area (Å²) in [6, 6.07) is 11.1. The first-order valence-electron chi connectivity index (χ1n) is 8.03. The van der Waals surface area contributed by atoms with Gasteiger partial charge in [0.1, 0.15) is 0 Å². The molecule has 1 atom stereocenters. The molecule has 4 nitrogen and oxygen atoms in total. The third-order valence-corrected chi connectivity index (χ3v) is 4.54. The van der Waals surface area contributed by atoms with E-state index in [1.165, 1.54) is 25.7 Å². The zero-order valence-corrected chi connectivity index (χ0v) is 12.8. The second-order valence-corrected chi connectivity index (χ2v) is 6.24. The van der Waals surface area contributed by atoms with Crippen LogP contribution < -0.4 is 10.2 Å². The van der Waals surface area contributed by atoms with Crippen LogP contribution in [-0.2, 0) is 4.79 Å². The fourth-order valence-corrected chi connectivity index (χ4v) is 3.05. The second kappa shape index (κ2) is 6.58. The van der Waals surface area contributed by atoms with E-state index in [0.29, 0.717) is 18.6 Å². The van der Waals surface area contributed by atoms with Crippen LogP contribution in [0, 0.1) is 0 Å². The molecule has 114 valence electrons. The van der Waals surface area contributed by atoms with Crippen molar-refractivity contribution < 1.29 is 4.79 Å². The van der Waals surface area contributed by atoms with Gasteiger partial charge in [-0.1, -0.05) is 18.2 Å². The lowest BCUT2D eigenvalue weighted by Gasteiger charge is -2.27. The molecule has 1 heterocycles. The van der Waals surface area contributed by atoms with Crippen molar-refractivity contribution in [2.45, 2.75) is 37.8 Å². The molecule has 2 fully saturated rings. The summed E-state index contributed by atoms with van der Waals surface area (Å²) in [5, 5.41) is 3.54. The minimum Gasteiger partial charge on any atom is -0.314 e. The summed E-state index contributed by atoms with van der Waals surface area (Å²) in [6.07, 6.45) is 5.00. The number of rotatable bonds is 6. The molecule has 4 heteroatoms. The summed E-state index contributed by atoms with van der Waals surface area (Å²) in [5.41, 5.74) is 0.970. The molecule has 1 aliphatic carbocycles. The van der Waals surface area contributed by atoms with Gasteiger partial charge >= 0.3 is 0 Å². The molecule has 1 N–H and O–H groups in total. The minimum absolute atomic E-state index is 0.186. The van der Waals surface area contributed by atoms with Crippen LogP contribution in [0.4, 0.5) is 5.69 Å². The van der Waals surface area contributed by atoms with Crippen molar-refractivity contribution in [2.75, 3.05) is 31.6 Å². The molecule has 0 radical (unpaired) electrons. The van der Waals surface area contributed by atoms with Crippen LogP contribution in [-0.4, -0.2) is 49.6 Å². The van der Waals surface area contributed by atoms with Gasteiger partial charge in [-0.2, -0.15) is 0 Å². The van der Waals surface area contributed by atoms with E-state index in [1.54, 1.807) is 4.90 Å². The fourth-order valence-electron chi connectivity index (χ4n) is 3.05. The first kappa shape index (κ1) is 14.5. The van der Waals surface area contributed by atoms with E-state index >= 15 is 0 Å². The van der Waals surface area contributed by atoms with E-state index in [0.717, 1.165) is 18.8 Å². The highest BCUT2D eigenvalue weighted by molar-refractivity contribution is 5.94. The second-order valence-electron chi connectivity index (χ2n) is 6.24. The van der Waals surface area contributed by atoms with E-state index in [-0.39, 0.29) is 5.91 Å². The first-order valence-corrected chi connectivity index (χ1v) is 8.03. The van der Waals surface area contributed by atoms with E-state index < -0.39 is 0 Å². The predicted octanol–water partition coefficient (Wildman–Crippen LogP) is 1.87. The summed E-state index contributed by atoms with van der Waals surface area (Å²) in [6.45, 7) is 2.67. The maximum Gasteiger partial charge on any atom is 0.240 e. The topological polar surface area (TPSA) is 35.6 Å². The minimum atomic E-state index is 0.186. The maximum atomic E-state index is 12.5. The quantitative estimate of drug-likeness (QED) is 0.867.